The molecule has 2 amide bonds. The standard InChI is InChI=1S/C21H19ClN2O3/c1-14(15-5-9-17(22)10-6-15)24(2)21(26)16-7-11-18(12-8-16)23-20(25)19-4-3-13-27-19/h3-14H,1-2H3,(H,23,25). The molecule has 1 aromatic heterocycles. The first-order valence-corrected chi connectivity index (χ1v) is 8.81. The molecule has 5 nitrogen and oxygen atoms in total. The maximum absolute atomic E-state index is 12.7. The van der Waals surface area contributed by atoms with Crippen LogP contribution in [0.3, 0.4) is 0 Å². The Bertz CT molecular complexity index is 919. The molecule has 0 aliphatic carbocycles. The number of hydrogen-bond acceptors (Lipinski definition) is 3. The van der Waals surface area contributed by atoms with E-state index in [2.05, 4.69) is 5.32 Å². The number of benzene rings is 2. The minimum atomic E-state index is -0.340. The van der Waals surface area contributed by atoms with Crippen LogP contribution < -0.4 is 5.32 Å². The normalized spacial score (nSPS) is 11.7. The third-order valence-electron chi connectivity index (χ3n) is 4.39. The second-order valence-corrected chi connectivity index (χ2v) is 6.59. The molecular weight excluding hydrogens is 364 g/mol. The van der Waals surface area contributed by atoms with Gasteiger partial charge in [0, 0.05) is 23.3 Å². The molecule has 6 heteroatoms. The molecule has 2 aromatic carbocycles. The predicted molar refractivity (Wildman–Crippen MR) is 105 cm³/mol. The maximum atomic E-state index is 12.7. The van der Waals surface area contributed by atoms with Crippen LogP contribution in [0.4, 0.5) is 5.69 Å². The highest BCUT2D eigenvalue weighted by molar-refractivity contribution is 6.30. The number of anilines is 1. The van der Waals surface area contributed by atoms with Gasteiger partial charge in [-0.25, -0.2) is 0 Å². The molecule has 27 heavy (non-hydrogen) atoms. The molecule has 1 unspecified atom stereocenters. The van der Waals surface area contributed by atoms with E-state index in [4.69, 9.17) is 16.0 Å². The van der Waals surface area contributed by atoms with Gasteiger partial charge in [0.1, 0.15) is 0 Å². The van der Waals surface area contributed by atoms with E-state index < -0.39 is 0 Å². The van der Waals surface area contributed by atoms with Crippen LogP contribution in [0.5, 0.6) is 0 Å². The monoisotopic (exact) mass is 382 g/mol. The van der Waals surface area contributed by atoms with Crippen LogP contribution in [0.25, 0.3) is 0 Å². The molecule has 1 heterocycles. The summed E-state index contributed by atoms with van der Waals surface area (Å²) in [5.41, 5.74) is 2.12. The van der Waals surface area contributed by atoms with Crippen LogP contribution in [0, 0.1) is 0 Å². The zero-order chi connectivity index (χ0) is 19.4. The van der Waals surface area contributed by atoms with Gasteiger partial charge in [-0.15, -0.1) is 0 Å². The Morgan fingerprint density at radius 3 is 2.30 bits per heavy atom. The van der Waals surface area contributed by atoms with E-state index in [0.717, 1.165) is 5.56 Å². The van der Waals surface area contributed by atoms with Crippen molar-refractivity contribution in [3.05, 3.63) is 88.8 Å². The summed E-state index contributed by atoms with van der Waals surface area (Å²) in [6.07, 6.45) is 1.44. The lowest BCUT2D eigenvalue weighted by Gasteiger charge is -2.25. The first-order valence-electron chi connectivity index (χ1n) is 8.43. The lowest BCUT2D eigenvalue weighted by Crippen LogP contribution is -2.29. The van der Waals surface area contributed by atoms with Crippen molar-refractivity contribution in [1.82, 2.24) is 4.90 Å². The summed E-state index contributed by atoms with van der Waals surface area (Å²) in [6, 6.07) is 17.3. The minimum Gasteiger partial charge on any atom is -0.459 e. The van der Waals surface area contributed by atoms with E-state index in [0.29, 0.717) is 16.3 Å². The highest BCUT2D eigenvalue weighted by atomic mass is 35.5. The molecule has 0 radical (unpaired) electrons. The second-order valence-electron chi connectivity index (χ2n) is 6.15. The van der Waals surface area contributed by atoms with Gasteiger partial charge in [0.15, 0.2) is 5.76 Å². The number of carbonyl (C=O) groups is 2. The van der Waals surface area contributed by atoms with Gasteiger partial charge < -0.3 is 14.6 Å². The number of hydrogen-bond donors (Lipinski definition) is 1. The minimum absolute atomic E-state index is 0.104. The number of amides is 2. The van der Waals surface area contributed by atoms with Crippen molar-refractivity contribution in [1.29, 1.82) is 0 Å². The Balaban J connectivity index is 1.67. The Morgan fingerprint density at radius 1 is 1.04 bits per heavy atom. The van der Waals surface area contributed by atoms with Crippen molar-refractivity contribution in [3.8, 4) is 0 Å². The van der Waals surface area contributed by atoms with Crippen molar-refractivity contribution in [2.24, 2.45) is 0 Å². The van der Waals surface area contributed by atoms with Crippen LogP contribution in [0.2, 0.25) is 5.02 Å². The molecular formula is C21H19ClN2O3. The molecule has 0 fully saturated rings. The molecule has 138 valence electrons. The van der Waals surface area contributed by atoms with Crippen molar-refractivity contribution in [3.63, 3.8) is 0 Å². The zero-order valence-corrected chi connectivity index (χ0v) is 15.7. The summed E-state index contributed by atoms with van der Waals surface area (Å²) < 4.78 is 5.06. The Hall–Kier alpha value is -3.05. The lowest BCUT2D eigenvalue weighted by atomic mass is 10.1. The highest BCUT2D eigenvalue weighted by Gasteiger charge is 2.19. The molecule has 3 aromatic rings. The predicted octanol–water partition coefficient (Wildman–Crippen LogP) is 5.02. The largest absolute Gasteiger partial charge is 0.459 e. The molecule has 0 aliphatic rings. The van der Waals surface area contributed by atoms with E-state index in [1.54, 1.807) is 48.3 Å². The third-order valence-corrected chi connectivity index (χ3v) is 4.64. The molecule has 0 aliphatic heterocycles. The summed E-state index contributed by atoms with van der Waals surface area (Å²) in [4.78, 5) is 26.4. The third kappa shape index (κ3) is 4.38. The molecule has 1 atom stereocenters. The van der Waals surface area contributed by atoms with Crippen molar-refractivity contribution >= 4 is 29.1 Å². The van der Waals surface area contributed by atoms with Gasteiger partial charge in [0.25, 0.3) is 11.8 Å². The summed E-state index contributed by atoms with van der Waals surface area (Å²) in [5, 5.41) is 3.38. The van der Waals surface area contributed by atoms with Crippen LogP contribution in [-0.4, -0.2) is 23.8 Å². The van der Waals surface area contributed by atoms with Gasteiger partial charge in [-0.3, -0.25) is 9.59 Å². The average molecular weight is 383 g/mol. The molecule has 0 saturated heterocycles. The fraction of sp³-hybridized carbons (Fsp3) is 0.143. The number of rotatable bonds is 5. The van der Waals surface area contributed by atoms with Crippen LogP contribution in [-0.2, 0) is 0 Å². The highest BCUT2D eigenvalue weighted by Crippen LogP contribution is 2.23. The van der Waals surface area contributed by atoms with Crippen molar-refractivity contribution in [2.75, 3.05) is 12.4 Å². The van der Waals surface area contributed by atoms with Crippen LogP contribution >= 0.6 is 11.6 Å². The SMILES string of the molecule is CC(c1ccc(Cl)cc1)N(C)C(=O)c1ccc(NC(=O)c2ccco2)cc1. The van der Waals surface area contributed by atoms with Gasteiger partial charge in [-0.05, 0) is 61.0 Å². The Morgan fingerprint density at radius 2 is 1.70 bits per heavy atom. The van der Waals surface area contributed by atoms with Crippen molar-refractivity contribution in [2.45, 2.75) is 13.0 Å². The van der Waals surface area contributed by atoms with Crippen molar-refractivity contribution < 1.29 is 14.0 Å². The summed E-state index contributed by atoms with van der Waals surface area (Å²) in [7, 11) is 1.76. The number of nitrogens with one attached hydrogen (secondary N) is 1. The lowest BCUT2D eigenvalue weighted by molar-refractivity contribution is 0.0742. The van der Waals surface area contributed by atoms with Gasteiger partial charge >= 0.3 is 0 Å². The molecule has 3 rings (SSSR count). The van der Waals surface area contributed by atoms with E-state index in [-0.39, 0.29) is 23.6 Å². The van der Waals surface area contributed by atoms with Crippen LogP contribution in [0.15, 0.2) is 71.3 Å². The smallest absolute Gasteiger partial charge is 0.291 e. The zero-order valence-electron chi connectivity index (χ0n) is 15.0. The van der Waals surface area contributed by atoms with E-state index in [1.165, 1.54) is 6.26 Å². The summed E-state index contributed by atoms with van der Waals surface area (Å²) >= 11 is 5.92. The van der Waals surface area contributed by atoms with Gasteiger partial charge in [0.05, 0.1) is 12.3 Å². The summed E-state index contributed by atoms with van der Waals surface area (Å²) in [5.74, 6) is -0.222. The average Bonchev–Trinajstić information content (AvgIpc) is 3.22. The molecule has 0 saturated carbocycles. The second kappa shape index (κ2) is 8.10. The van der Waals surface area contributed by atoms with E-state index in [9.17, 15) is 9.59 Å². The van der Waals surface area contributed by atoms with Gasteiger partial charge in [0.2, 0.25) is 0 Å². The number of carbonyl (C=O) groups excluding carboxylic acids is 2. The molecule has 0 bridgehead atoms. The Kier molecular flexibility index (Phi) is 5.62. The number of furan rings is 1. The fourth-order valence-corrected chi connectivity index (χ4v) is 2.77. The van der Waals surface area contributed by atoms with Gasteiger partial charge in [-0.1, -0.05) is 23.7 Å². The van der Waals surface area contributed by atoms with Gasteiger partial charge in [-0.2, -0.15) is 0 Å². The molecule has 0 spiro atoms. The first-order chi connectivity index (χ1) is 13.0. The van der Waals surface area contributed by atoms with E-state index in [1.807, 2.05) is 31.2 Å². The van der Waals surface area contributed by atoms with E-state index >= 15 is 0 Å². The quantitative estimate of drug-likeness (QED) is 0.674. The fourth-order valence-electron chi connectivity index (χ4n) is 2.64. The van der Waals surface area contributed by atoms with Crippen LogP contribution in [0.1, 0.15) is 39.4 Å². The summed E-state index contributed by atoms with van der Waals surface area (Å²) in [6.45, 7) is 1.96. The number of halogens is 1. The Labute approximate surface area is 162 Å². The topological polar surface area (TPSA) is 62.6 Å². The molecule has 1 N–H and O–H groups in total. The first kappa shape index (κ1) is 18.7. The maximum Gasteiger partial charge on any atom is 0.291 e. The number of nitrogens with zero attached hydrogens (tertiary/aromatic N) is 1.